The van der Waals surface area contributed by atoms with Gasteiger partial charge in [0.25, 0.3) is 0 Å². The van der Waals surface area contributed by atoms with Crippen molar-refractivity contribution in [1.82, 2.24) is 10.2 Å². The van der Waals surface area contributed by atoms with Gasteiger partial charge in [-0.15, -0.1) is 0 Å². The molecule has 1 rings (SSSR count). The second kappa shape index (κ2) is 5.65. The van der Waals surface area contributed by atoms with Crippen molar-refractivity contribution in [3.63, 3.8) is 0 Å². The Morgan fingerprint density at radius 2 is 2.22 bits per heavy atom. The zero-order valence-electron chi connectivity index (χ0n) is 11.2. The lowest BCUT2D eigenvalue weighted by Gasteiger charge is -2.42. The van der Waals surface area contributed by atoms with Crippen molar-refractivity contribution >= 4 is 29.0 Å². The van der Waals surface area contributed by atoms with Gasteiger partial charge >= 0.3 is 0 Å². The van der Waals surface area contributed by atoms with Gasteiger partial charge in [0.2, 0.25) is 11.8 Å². The molecule has 5 nitrogen and oxygen atoms in total. The minimum absolute atomic E-state index is 0.135. The molecule has 0 aromatic rings. The van der Waals surface area contributed by atoms with Crippen LogP contribution in [0.25, 0.3) is 0 Å². The summed E-state index contributed by atoms with van der Waals surface area (Å²) in [6, 6.07) is 0. The second-order valence-electron chi connectivity index (χ2n) is 5.05. The topological polar surface area (TPSA) is 75.4 Å². The predicted octanol–water partition coefficient (Wildman–Crippen LogP) is 0.426. The van der Waals surface area contributed by atoms with Gasteiger partial charge in [-0.2, -0.15) is 0 Å². The highest BCUT2D eigenvalue weighted by Gasteiger charge is 2.42. The highest BCUT2D eigenvalue weighted by molar-refractivity contribution is 7.80. The third-order valence-corrected chi connectivity index (χ3v) is 3.62. The number of carbonyl (C=O) groups excluding carboxylic acids is 2. The van der Waals surface area contributed by atoms with Crippen molar-refractivity contribution in [3.8, 4) is 0 Å². The molecule has 0 aromatic heterocycles. The quantitative estimate of drug-likeness (QED) is 0.727. The zero-order chi connectivity index (χ0) is 13.9. The third kappa shape index (κ3) is 2.80. The minimum Gasteiger partial charge on any atom is -0.393 e. The van der Waals surface area contributed by atoms with Gasteiger partial charge in [0, 0.05) is 13.1 Å². The average molecular weight is 271 g/mol. The lowest BCUT2D eigenvalue weighted by atomic mass is 9.94. The lowest BCUT2D eigenvalue weighted by molar-refractivity contribution is -0.150. The number of amides is 2. The summed E-state index contributed by atoms with van der Waals surface area (Å²) in [5.74, 6) is -0.736. The molecule has 0 saturated carbocycles. The van der Waals surface area contributed by atoms with Crippen LogP contribution >= 0.6 is 12.2 Å². The Balaban J connectivity index is 2.93. The van der Waals surface area contributed by atoms with E-state index in [9.17, 15) is 9.59 Å². The molecule has 1 aliphatic heterocycles. The van der Waals surface area contributed by atoms with Gasteiger partial charge in [-0.05, 0) is 20.3 Å². The van der Waals surface area contributed by atoms with Gasteiger partial charge in [0.15, 0.2) is 0 Å². The molecule has 1 aliphatic rings. The smallest absolute Gasteiger partial charge is 0.245 e. The van der Waals surface area contributed by atoms with Crippen molar-refractivity contribution in [3.05, 3.63) is 0 Å². The highest BCUT2D eigenvalue weighted by atomic mass is 32.1. The monoisotopic (exact) mass is 271 g/mol. The summed E-state index contributed by atoms with van der Waals surface area (Å²) in [6.45, 7) is 6.43. The van der Waals surface area contributed by atoms with Crippen molar-refractivity contribution in [1.29, 1.82) is 0 Å². The number of nitrogens with zero attached hydrogens (tertiary/aromatic N) is 1. The van der Waals surface area contributed by atoms with Crippen LogP contribution < -0.4 is 11.1 Å². The van der Waals surface area contributed by atoms with Gasteiger partial charge in [0.1, 0.15) is 5.54 Å². The van der Waals surface area contributed by atoms with E-state index in [2.05, 4.69) is 5.32 Å². The molecule has 0 radical (unpaired) electrons. The molecule has 1 saturated heterocycles. The SMILES string of the molecule is CCCC(C(=O)N1CCNC(=O)C1(C)C)C(N)=S. The van der Waals surface area contributed by atoms with E-state index in [-0.39, 0.29) is 16.8 Å². The van der Waals surface area contributed by atoms with E-state index in [1.165, 1.54) is 0 Å². The molecular formula is C12H21N3O2S. The van der Waals surface area contributed by atoms with Gasteiger partial charge in [-0.25, -0.2) is 0 Å². The molecule has 3 N–H and O–H groups in total. The minimum atomic E-state index is -0.841. The summed E-state index contributed by atoms with van der Waals surface area (Å²) in [7, 11) is 0. The molecule has 1 unspecified atom stereocenters. The van der Waals surface area contributed by atoms with E-state index in [0.29, 0.717) is 19.5 Å². The summed E-state index contributed by atoms with van der Waals surface area (Å²) >= 11 is 4.96. The summed E-state index contributed by atoms with van der Waals surface area (Å²) in [5, 5.41) is 2.76. The summed E-state index contributed by atoms with van der Waals surface area (Å²) in [6.07, 6.45) is 1.45. The van der Waals surface area contributed by atoms with Crippen LogP contribution in [-0.4, -0.2) is 40.3 Å². The first-order valence-corrected chi connectivity index (χ1v) is 6.62. The maximum atomic E-state index is 12.5. The Morgan fingerprint density at radius 3 is 2.72 bits per heavy atom. The van der Waals surface area contributed by atoms with Crippen LogP contribution in [0.3, 0.4) is 0 Å². The molecular weight excluding hydrogens is 250 g/mol. The fourth-order valence-corrected chi connectivity index (χ4v) is 2.37. The Bertz CT molecular complexity index is 368. The van der Waals surface area contributed by atoms with E-state index < -0.39 is 11.5 Å². The number of nitrogens with two attached hydrogens (primary N) is 1. The number of rotatable bonds is 4. The zero-order valence-corrected chi connectivity index (χ0v) is 12.0. The largest absolute Gasteiger partial charge is 0.393 e. The number of nitrogens with one attached hydrogen (secondary N) is 1. The van der Waals surface area contributed by atoms with E-state index in [1.54, 1.807) is 18.7 Å². The molecule has 1 atom stereocenters. The maximum absolute atomic E-state index is 12.5. The number of carbonyl (C=O) groups is 2. The normalized spacial score (nSPS) is 20.2. The van der Waals surface area contributed by atoms with Crippen LogP contribution in [0.2, 0.25) is 0 Å². The first kappa shape index (κ1) is 14.9. The van der Waals surface area contributed by atoms with Crippen LogP contribution in [0.1, 0.15) is 33.6 Å². The Morgan fingerprint density at radius 1 is 1.61 bits per heavy atom. The highest BCUT2D eigenvalue weighted by Crippen LogP contribution is 2.22. The van der Waals surface area contributed by atoms with Crippen LogP contribution in [0, 0.1) is 5.92 Å². The number of hydrogen-bond acceptors (Lipinski definition) is 3. The Labute approximate surface area is 113 Å². The third-order valence-electron chi connectivity index (χ3n) is 3.34. The van der Waals surface area contributed by atoms with Crippen molar-refractivity contribution in [2.24, 2.45) is 11.7 Å². The molecule has 0 aromatic carbocycles. The van der Waals surface area contributed by atoms with Gasteiger partial charge < -0.3 is 16.0 Å². The maximum Gasteiger partial charge on any atom is 0.245 e. The number of thiocarbonyl (C=S) groups is 1. The van der Waals surface area contributed by atoms with E-state index in [0.717, 1.165) is 6.42 Å². The number of piperazine rings is 1. The Hall–Kier alpha value is -1.17. The van der Waals surface area contributed by atoms with Crippen molar-refractivity contribution < 1.29 is 9.59 Å². The molecule has 0 spiro atoms. The first-order valence-electron chi connectivity index (χ1n) is 6.21. The molecule has 2 amide bonds. The fourth-order valence-electron chi connectivity index (χ4n) is 2.15. The molecule has 0 aliphatic carbocycles. The van der Waals surface area contributed by atoms with E-state index in [4.69, 9.17) is 18.0 Å². The first-order chi connectivity index (χ1) is 8.32. The second-order valence-corrected chi connectivity index (χ2v) is 5.52. The summed E-state index contributed by atoms with van der Waals surface area (Å²) in [5.41, 5.74) is 4.80. The standard InChI is InChI=1S/C12H21N3O2S/c1-4-5-8(9(13)18)10(16)15-7-6-14-11(17)12(15,2)3/h8H,4-7H2,1-3H3,(H2,13,18)(H,14,17). The van der Waals surface area contributed by atoms with Gasteiger partial charge in [-0.1, -0.05) is 25.6 Å². The molecule has 18 heavy (non-hydrogen) atoms. The fraction of sp³-hybridized carbons (Fsp3) is 0.750. The lowest BCUT2D eigenvalue weighted by Crippen LogP contribution is -2.64. The summed E-state index contributed by atoms with van der Waals surface area (Å²) < 4.78 is 0. The van der Waals surface area contributed by atoms with Crippen LogP contribution in [-0.2, 0) is 9.59 Å². The molecule has 1 heterocycles. The van der Waals surface area contributed by atoms with E-state index >= 15 is 0 Å². The van der Waals surface area contributed by atoms with Crippen LogP contribution in [0.5, 0.6) is 0 Å². The molecule has 102 valence electrons. The molecule has 6 heteroatoms. The Kier molecular flexibility index (Phi) is 4.67. The van der Waals surface area contributed by atoms with Crippen LogP contribution in [0.4, 0.5) is 0 Å². The number of hydrogen-bond donors (Lipinski definition) is 2. The predicted molar refractivity (Wildman–Crippen MR) is 74.0 cm³/mol. The van der Waals surface area contributed by atoms with Gasteiger partial charge in [0.05, 0.1) is 10.9 Å². The summed E-state index contributed by atoms with van der Waals surface area (Å²) in [4.78, 5) is 26.1. The van der Waals surface area contributed by atoms with Crippen LogP contribution in [0.15, 0.2) is 0 Å². The van der Waals surface area contributed by atoms with Crippen molar-refractivity contribution in [2.45, 2.75) is 39.2 Å². The average Bonchev–Trinajstić information content (AvgIpc) is 2.28. The van der Waals surface area contributed by atoms with Crippen molar-refractivity contribution in [2.75, 3.05) is 13.1 Å². The molecule has 1 fully saturated rings. The van der Waals surface area contributed by atoms with E-state index in [1.807, 2.05) is 6.92 Å². The van der Waals surface area contributed by atoms with Gasteiger partial charge in [-0.3, -0.25) is 9.59 Å². The molecule has 0 bridgehead atoms.